The minimum Gasteiger partial charge on any atom is -0.508 e. The van der Waals surface area contributed by atoms with Gasteiger partial charge in [-0.1, -0.05) is 25.5 Å². The third kappa shape index (κ3) is 6.17. The van der Waals surface area contributed by atoms with E-state index in [9.17, 15) is 0 Å². The molecule has 2 nitrogen and oxygen atoms in total. The maximum atomic E-state index is 8.92. The first-order valence-corrected chi connectivity index (χ1v) is 4.61. The highest BCUT2D eigenvalue weighted by atomic mass is 16.3. The molecule has 0 amide bonds. The quantitative estimate of drug-likeness (QED) is 0.733. The molecule has 0 atom stereocenters. The first kappa shape index (κ1) is 12.0. The monoisotopic (exact) mass is 181 g/mol. The zero-order chi connectivity index (χ0) is 10.1. The summed E-state index contributed by atoms with van der Waals surface area (Å²) in [6.45, 7) is 2.15. The molecule has 2 N–H and O–H groups in total. The Morgan fingerprint density at radius 3 is 2.00 bits per heavy atom. The van der Waals surface area contributed by atoms with Gasteiger partial charge in [0, 0.05) is 0 Å². The van der Waals surface area contributed by atoms with Crippen molar-refractivity contribution in [1.82, 2.24) is 5.32 Å². The molecule has 0 aromatic heterocycles. The molecule has 1 aromatic rings. The molecule has 13 heavy (non-hydrogen) atoms. The van der Waals surface area contributed by atoms with Crippen molar-refractivity contribution in [3.05, 3.63) is 29.8 Å². The van der Waals surface area contributed by atoms with Crippen molar-refractivity contribution in [2.24, 2.45) is 0 Å². The molecule has 0 radical (unpaired) electrons. The normalized spacial score (nSPS) is 8.85. The van der Waals surface area contributed by atoms with Crippen LogP contribution in [0.25, 0.3) is 0 Å². The fourth-order valence-electron chi connectivity index (χ4n) is 0.951. The number of hydrogen-bond donors (Lipinski definition) is 2. The maximum Gasteiger partial charge on any atom is 0.115 e. The van der Waals surface area contributed by atoms with Gasteiger partial charge in [-0.2, -0.15) is 0 Å². The van der Waals surface area contributed by atoms with Crippen molar-refractivity contribution in [3.63, 3.8) is 0 Å². The molecule has 0 fully saturated rings. The van der Waals surface area contributed by atoms with E-state index in [2.05, 4.69) is 12.2 Å². The van der Waals surface area contributed by atoms with Gasteiger partial charge in [-0.15, -0.1) is 0 Å². The summed E-state index contributed by atoms with van der Waals surface area (Å²) in [7, 11) is 3.75. The van der Waals surface area contributed by atoms with E-state index in [4.69, 9.17) is 5.11 Å². The Bertz CT molecular complexity index is 206. The summed E-state index contributed by atoms with van der Waals surface area (Å²) in [5, 5.41) is 11.7. The van der Waals surface area contributed by atoms with E-state index in [1.54, 1.807) is 12.1 Å². The van der Waals surface area contributed by atoms with Crippen LogP contribution in [-0.2, 0) is 6.42 Å². The Morgan fingerprint density at radius 1 is 1.15 bits per heavy atom. The van der Waals surface area contributed by atoms with Crippen LogP contribution in [-0.4, -0.2) is 19.2 Å². The van der Waals surface area contributed by atoms with Gasteiger partial charge >= 0.3 is 0 Å². The van der Waals surface area contributed by atoms with Crippen LogP contribution in [0.2, 0.25) is 0 Å². The molecule has 74 valence electrons. The summed E-state index contributed by atoms with van der Waals surface area (Å²) in [6, 6.07) is 7.37. The van der Waals surface area contributed by atoms with Gasteiger partial charge in [-0.05, 0) is 38.2 Å². The van der Waals surface area contributed by atoms with Crippen molar-refractivity contribution in [3.8, 4) is 5.75 Å². The van der Waals surface area contributed by atoms with Crippen LogP contribution < -0.4 is 5.32 Å². The van der Waals surface area contributed by atoms with Crippen molar-refractivity contribution in [1.29, 1.82) is 0 Å². The standard InChI is InChI=1S/C9H12O.C2H7N/c1-2-3-8-4-6-9(10)7-5-8;1-3-2/h4-7,10H,2-3H2,1H3;3H,1-2H3. The number of nitrogens with one attached hydrogen (secondary N) is 1. The zero-order valence-corrected chi connectivity index (χ0v) is 8.67. The van der Waals surface area contributed by atoms with Gasteiger partial charge in [-0.25, -0.2) is 0 Å². The van der Waals surface area contributed by atoms with Crippen LogP contribution in [0.15, 0.2) is 24.3 Å². The van der Waals surface area contributed by atoms with Gasteiger partial charge in [0.2, 0.25) is 0 Å². The molecule has 1 rings (SSSR count). The fraction of sp³-hybridized carbons (Fsp3) is 0.455. The Balaban J connectivity index is 0.000000424. The molecule has 2 heteroatoms. The lowest BCUT2D eigenvalue weighted by Gasteiger charge is -1.96. The third-order valence-electron chi connectivity index (χ3n) is 1.48. The molecule has 1 aromatic carbocycles. The molecule has 0 aliphatic rings. The zero-order valence-electron chi connectivity index (χ0n) is 8.67. The smallest absolute Gasteiger partial charge is 0.115 e. The number of aryl methyl sites for hydroxylation is 1. The van der Waals surface area contributed by atoms with Gasteiger partial charge in [0.05, 0.1) is 0 Å². The summed E-state index contributed by atoms with van der Waals surface area (Å²) in [5.74, 6) is 0.347. The Morgan fingerprint density at radius 2 is 1.62 bits per heavy atom. The molecule has 0 aliphatic carbocycles. The van der Waals surface area contributed by atoms with Crippen molar-refractivity contribution < 1.29 is 5.11 Å². The molecule has 0 heterocycles. The van der Waals surface area contributed by atoms with Gasteiger partial charge < -0.3 is 10.4 Å². The minimum absolute atomic E-state index is 0.347. The average molecular weight is 181 g/mol. The predicted molar refractivity (Wildman–Crippen MR) is 57.1 cm³/mol. The summed E-state index contributed by atoms with van der Waals surface area (Å²) in [6.07, 6.45) is 2.26. The fourth-order valence-corrected chi connectivity index (χ4v) is 0.951. The second-order valence-electron chi connectivity index (χ2n) is 2.92. The molecule has 0 unspecified atom stereocenters. The first-order chi connectivity index (χ1) is 6.24. The second-order valence-corrected chi connectivity index (χ2v) is 2.92. The number of phenols is 1. The molecule has 0 saturated heterocycles. The van der Waals surface area contributed by atoms with Crippen molar-refractivity contribution in [2.45, 2.75) is 19.8 Å². The van der Waals surface area contributed by atoms with E-state index in [-0.39, 0.29) is 0 Å². The highest BCUT2D eigenvalue weighted by Gasteiger charge is 1.89. The number of rotatable bonds is 2. The van der Waals surface area contributed by atoms with Crippen LogP contribution >= 0.6 is 0 Å². The van der Waals surface area contributed by atoms with E-state index in [1.165, 1.54) is 5.56 Å². The molecule has 0 saturated carbocycles. The van der Waals surface area contributed by atoms with Gasteiger partial charge in [0.1, 0.15) is 5.75 Å². The van der Waals surface area contributed by atoms with E-state index in [1.807, 2.05) is 26.2 Å². The third-order valence-corrected chi connectivity index (χ3v) is 1.48. The Hall–Kier alpha value is -1.02. The second kappa shape index (κ2) is 7.62. The van der Waals surface area contributed by atoms with Crippen molar-refractivity contribution in [2.75, 3.05) is 14.1 Å². The molecule has 0 bridgehead atoms. The first-order valence-electron chi connectivity index (χ1n) is 4.61. The van der Waals surface area contributed by atoms with E-state index in [0.717, 1.165) is 12.8 Å². The lowest BCUT2D eigenvalue weighted by molar-refractivity contribution is 0.475. The van der Waals surface area contributed by atoms with Crippen LogP contribution in [0.4, 0.5) is 0 Å². The summed E-state index contributed by atoms with van der Waals surface area (Å²) in [5.41, 5.74) is 1.29. The number of hydrogen-bond acceptors (Lipinski definition) is 2. The van der Waals surface area contributed by atoms with Crippen LogP contribution in [0.5, 0.6) is 5.75 Å². The topological polar surface area (TPSA) is 32.3 Å². The lowest BCUT2D eigenvalue weighted by Crippen LogP contribution is -1.89. The highest BCUT2D eigenvalue weighted by molar-refractivity contribution is 5.25. The largest absolute Gasteiger partial charge is 0.508 e. The maximum absolute atomic E-state index is 8.92. The average Bonchev–Trinajstić information content (AvgIpc) is 2.11. The number of benzene rings is 1. The van der Waals surface area contributed by atoms with Gasteiger partial charge in [0.25, 0.3) is 0 Å². The van der Waals surface area contributed by atoms with Gasteiger partial charge in [0.15, 0.2) is 0 Å². The van der Waals surface area contributed by atoms with Crippen LogP contribution in [0.1, 0.15) is 18.9 Å². The molecular weight excluding hydrogens is 162 g/mol. The van der Waals surface area contributed by atoms with Crippen LogP contribution in [0.3, 0.4) is 0 Å². The van der Waals surface area contributed by atoms with Crippen molar-refractivity contribution >= 4 is 0 Å². The minimum atomic E-state index is 0.347. The molecule has 0 spiro atoms. The summed E-state index contributed by atoms with van der Waals surface area (Å²) in [4.78, 5) is 0. The summed E-state index contributed by atoms with van der Waals surface area (Å²) < 4.78 is 0. The SMILES string of the molecule is CCCc1ccc(O)cc1.CNC. The number of phenolic OH excluding ortho intramolecular Hbond substituents is 1. The molecular formula is C11H19NO. The predicted octanol–water partition coefficient (Wildman–Crippen LogP) is 2.18. The van der Waals surface area contributed by atoms with E-state index >= 15 is 0 Å². The lowest BCUT2D eigenvalue weighted by atomic mass is 10.1. The van der Waals surface area contributed by atoms with E-state index in [0.29, 0.717) is 5.75 Å². The molecule has 0 aliphatic heterocycles. The van der Waals surface area contributed by atoms with Crippen LogP contribution in [0, 0.1) is 0 Å². The number of aromatic hydroxyl groups is 1. The van der Waals surface area contributed by atoms with Gasteiger partial charge in [-0.3, -0.25) is 0 Å². The summed E-state index contributed by atoms with van der Waals surface area (Å²) >= 11 is 0. The Kier molecular flexibility index (Phi) is 7.02. The highest BCUT2D eigenvalue weighted by Crippen LogP contribution is 2.10. The Labute approximate surface area is 80.6 Å². The van der Waals surface area contributed by atoms with E-state index < -0.39 is 0 Å².